The van der Waals surface area contributed by atoms with Gasteiger partial charge in [0.1, 0.15) is 11.6 Å². The summed E-state index contributed by atoms with van der Waals surface area (Å²) in [5, 5.41) is 6.88. The fourth-order valence-corrected chi connectivity index (χ4v) is 4.81. The molecule has 5 heterocycles. The van der Waals surface area contributed by atoms with Crippen LogP contribution in [0, 0.1) is 11.6 Å². The Morgan fingerprint density at radius 2 is 1.94 bits per heavy atom. The second kappa shape index (κ2) is 8.98. The summed E-state index contributed by atoms with van der Waals surface area (Å²) >= 11 is 0. The molecular formula is C26H25F2N5O2. The number of ether oxygens (including phenoxy) is 1. The van der Waals surface area contributed by atoms with Crippen molar-refractivity contribution in [2.75, 3.05) is 18.4 Å². The molecule has 1 aliphatic carbocycles. The maximum absolute atomic E-state index is 14.7. The number of pyridine rings is 1. The highest BCUT2D eigenvalue weighted by Crippen LogP contribution is 2.36. The van der Waals surface area contributed by atoms with E-state index in [1.807, 2.05) is 16.9 Å². The first-order chi connectivity index (χ1) is 17.0. The lowest BCUT2D eigenvalue weighted by molar-refractivity contribution is -0.182. The maximum atomic E-state index is 14.7. The molecule has 3 saturated heterocycles. The molecule has 0 spiro atoms. The van der Waals surface area contributed by atoms with Crippen molar-refractivity contribution in [2.24, 2.45) is 0 Å². The zero-order valence-corrected chi connectivity index (χ0v) is 19.0. The highest BCUT2D eigenvalue weighted by Gasteiger charge is 2.38. The molecule has 4 aliphatic rings. The van der Waals surface area contributed by atoms with Crippen molar-refractivity contribution >= 4 is 17.7 Å². The number of nitrogens with one attached hydrogen (secondary N) is 1. The highest BCUT2D eigenvalue weighted by molar-refractivity contribution is 6.02. The third kappa shape index (κ3) is 4.74. The number of piperidine rings is 1. The Kier molecular flexibility index (Phi) is 5.66. The molecule has 1 N–H and O–H groups in total. The first kappa shape index (κ1) is 22.1. The van der Waals surface area contributed by atoms with Crippen molar-refractivity contribution in [3.05, 3.63) is 71.8 Å². The van der Waals surface area contributed by atoms with E-state index in [4.69, 9.17) is 4.74 Å². The van der Waals surface area contributed by atoms with E-state index in [9.17, 15) is 13.6 Å². The zero-order chi connectivity index (χ0) is 23.9. The molecule has 4 fully saturated rings. The van der Waals surface area contributed by atoms with Crippen LogP contribution in [-0.4, -0.2) is 50.9 Å². The molecule has 3 aliphatic heterocycles. The minimum Gasteiger partial charge on any atom is -0.372 e. The van der Waals surface area contributed by atoms with E-state index in [-0.39, 0.29) is 5.69 Å². The minimum atomic E-state index is -0.520. The summed E-state index contributed by atoms with van der Waals surface area (Å²) in [7, 11) is 0. The van der Waals surface area contributed by atoms with E-state index in [0.29, 0.717) is 41.5 Å². The molecule has 7 rings (SSSR count). The van der Waals surface area contributed by atoms with Crippen LogP contribution in [0.5, 0.6) is 0 Å². The highest BCUT2D eigenvalue weighted by atomic mass is 19.1. The van der Waals surface area contributed by atoms with Crippen molar-refractivity contribution in [1.29, 1.82) is 0 Å². The summed E-state index contributed by atoms with van der Waals surface area (Å²) in [6.45, 7) is 2.37. The van der Waals surface area contributed by atoms with Crippen LogP contribution in [0.25, 0.3) is 17.2 Å². The molecule has 1 aromatic carbocycles. The van der Waals surface area contributed by atoms with Gasteiger partial charge in [0.2, 0.25) is 5.91 Å². The summed E-state index contributed by atoms with van der Waals surface area (Å²) < 4.78 is 36.8. The number of aromatic nitrogens is 3. The van der Waals surface area contributed by atoms with Gasteiger partial charge in [0.05, 0.1) is 36.3 Å². The van der Waals surface area contributed by atoms with E-state index in [1.165, 1.54) is 24.4 Å². The number of nitrogens with zero attached hydrogens (tertiary/aromatic N) is 4. The first-order valence-corrected chi connectivity index (χ1v) is 11.8. The molecule has 2 atom stereocenters. The molecule has 35 heavy (non-hydrogen) atoms. The number of hydrogen-bond donors (Lipinski definition) is 1. The Labute approximate surface area is 201 Å². The monoisotopic (exact) mass is 477 g/mol. The molecule has 9 heteroatoms. The van der Waals surface area contributed by atoms with Crippen molar-refractivity contribution in [3.63, 3.8) is 0 Å². The summed E-state index contributed by atoms with van der Waals surface area (Å²) in [6, 6.07) is 5.21. The largest absolute Gasteiger partial charge is 0.372 e. The van der Waals surface area contributed by atoms with Crippen LogP contribution in [-0.2, 0) is 16.1 Å². The van der Waals surface area contributed by atoms with E-state index in [1.54, 1.807) is 12.3 Å². The van der Waals surface area contributed by atoms with Gasteiger partial charge in [-0.2, -0.15) is 5.10 Å². The van der Waals surface area contributed by atoms with Crippen molar-refractivity contribution in [1.82, 2.24) is 19.7 Å². The Balaban J connectivity index is 1.13. The number of benzene rings is 1. The van der Waals surface area contributed by atoms with Crippen LogP contribution < -0.4 is 5.32 Å². The lowest BCUT2D eigenvalue weighted by atomic mass is 9.98. The van der Waals surface area contributed by atoms with Crippen molar-refractivity contribution in [3.8, 4) is 11.1 Å². The van der Waals surface area contributed by atoms with Gasteiger partial charge < -0.3 is 10.1 Å². The Hall–Kier alpha value is -3.43. The van der Waals surface area contributed by atoms with Crippen LogP contribution in [0.15, 0.2) is 49.1 Å². The van der Waals surface area contributed by atoms with E-state index in [2.05, 4.69) is 20.3 Å². The number of anilines is 1. The standard InChI is InChI=1S/C26H25F2N5O2/c27-22-7-16(12-32-14-20-8-21(15-32)35-20)1-5-24(22)31-25(34)6-2-17-9-29-11-23(28)26(17)18-10-30-33(13-18)19-3-4-19/h1-2,5-7,9-11,13,19-21H,3-4,8,12,14-15H2,(H,31,34)/b6-2+. The van der Waals surface area contributed by atoms with Crippen LogP contribution in [0.4, 0.5) is 14.5 Å². The van der Waals surface area contributed by atoms with E-state index >= 15 is 0 Å². The normalized spacial score (nSPS) is 21.8. The molecule has 2 aromatic heterocycles. The van der Waals surface area contributed by atoms with Gasteiger partial charge >= 0.3 is 0 Å². The molecule has 3 aromatic rings. The Morgan fingerprint density at radius 3 is 2.69 bits per heavy atom. The molecular weight excluding hydrogens is 452 g/mol. The molecule has 2 bridgehead atoms. The second-order valence-electron chi connectivity index (χ2n) is 9.47. The average molecular weight is 478 g/mol. The smallest absolute Gasteiger partial charge is 0.248 e. The predicted octanol–water partition coefficient (Wildman–Crippen LogP) is 4.18. The topological polar surface area (TPSA) is 72.3 Å². The van der Waals surface area contributed by atoms with Gasteiger partial charge in [-0.15, -0.1) is 0 Å². The van der Waals surface area contributed by atoms with Crippen LogP contribution in [0.2, 0.25) is 0 Å². The number of morpholine rings is 1. The van der Waals surface area contributed by atoms with Gasteiger partial charge in [-0.1, -0.05) is 6.07 Å². The van der Waals surface area contributed by atoms with Gasteiger partial charge in [0, 0.05) is 61.2 Å². The predicted molar refractivity (Wildman–Crippen MR) is 126 cm³/mol. The number of carbonyl (C=O) groups is 1. The molecule has 0 radical (unpaired) electrons. The Morgan fingerprint density at radius 1 is 1.14 bits per heavy atom. The van der Waals surface area contributed by atoms with Crippen LogP contribution >= 0.6 is 0 Å². The number of fused-ring (bicyclic) bond motifs is 2. The molecule has 180 valence electrons. The van der Waals surface area contributed by atoms with Crippen LogP contribution in [0.3, 0.4) is 0 Å². The fraction of sp³-hybridized carbons (Fsp3) is 0.346. The minimum absolute atomic E-state index is 0.0940. The number of carbonyl (C=O) groups excluding carboxylic acids is 1. The molecule has 1 amide bonds. The SMILES string of the molecule is O=C(/C=C/c1cncc(F)c1-c1cnn(C2CC2)c1)Nc1ccc(CN2CC3CC(C2)O3)cc1F. The zero-order valence-electron chi connectivity index (χ0n) is 19.0. The van der Waals surface area contributed by atoms with Gasteiger partial charge in [0.25, 0.3) is 0 Å². The maximum Gasteiger partial charge on any atom is 0.248 e. The summed E-state index contributed by atoms with van der Waals surface area (Å²) in [5.74, 6) is -1.51. The number of amides is 1. The first-order valence-electron chi connectivity index (χ1n) is 11.8. The number of rotatable bonds is 7. The molecule has 7 nitrogen and oxygen atoms in total. The number of hydrogen-bond acceptors (Lipinski definition) is 5. The molecule has 1 saturated carbocycles. The summed E-state index contributed by atoms with van der Waals surface area (Å²) in [5.41, 5.74) is 2.33. The quantitative estimate of drug-likeness (QED) is 0.517. The summed E-state index contributed by atoms with van der Waals surface area (Å²) in [4.78, 5) is 18.7. The third-order valence-corrected chi connectivity index (χ3v) is 6.69. The molecule has 2 unspecified atom stereocenters. The fourth-order valence-electron chi connectivity index (χ4n) is 4.81. The van der Waals surface area contributed by atoms with Gasteiger partial charge in [0.15, 0.2) is 0 Å². The average Bonchev–Trinajstić information content (AvgIpc) is 3.56. The van der Waals surface area contributed by atoms with Crippen molar-refractivity contribution < 1.29 is 18.3 Å². The second-order valence-corrected chi connectivity index (χ2v) is 9.47. The van der Waals surface area contributed by atoms with Crippen molar-refractivity contribution in [2.45, 2.75) is 44.1 Å². The summed E-state index contributed by atoms with van der Waals surface area (Å²) in [6.07, 6.45) is 12.6. The lowest BCUT2D eigenvalue weighted by Crippen LogP contribution is -2.56. The van der Waals surface area contributed by atoms with E-state index < -0.39 is 17.5 Å². The lowest BCUT2D eigenvalue weighted by Gasteiger charge is -2.47. The van der Waals surface area contributed by atoms with E-state index in [0.717, 1.165) is 44.1 Å². The number of halogens is 2. The van der Waals surface area contributed by atoms with Gasteiger partial charge in [-0.25, -0.2) is 8.78 Å². The Bertz CT molecular complexity index is 1290. The van der Waals surface area contributed by atoms with Gasteiger partial charge in [-0.3, -0.25) is 19.4 Å². The third-order valence-electron chi connectivity index (χ3n) is 6.69. The van der Waals surface area contributed by atoms with Gasteiger partial charge in [-0.05, 0) is 36.6 Å². The van der Waals surface area contributed by atoms with Crippen LogP contribution in [0.1, 0.15) is 36.4 Å².